The lowest BCUT2D eigenvalue weighted by Gasteiger charge is -2.09. The Balaban J connectivity index is 2.08. The fourth-order valence-electron chi connectivity index (χ4n) is 1.95. The first-order valence-electron chi connectivity index (χ1n) is 6.89. The van der Waals surface area contributed by atoms with Crippen molar-refractivity contribution < 1.29 is 27.4 Å². The van der Waals surface area contributed by atoms with E-state index in [-0.39, 0.29) is 12.1 Å². The van der Waals surface area contributed by atoms with Crippen molar-refractivity contribution in [3.63, 3.8) is 0 Å². The molecule has 0 atom stereocenters. The molecule has 6 nitrogen and oxygen atoms in total. The molecule has 0 bridgehead atoms. The first-order valence-corrected chi connectivity index (χ1v) is 6.89. The number of benzene rings is 1. The van der Waals surface area contributed by atoms with E-state index in [9.17, 15) is 18.0 Å². The SMILES string of the molecule is COc1cc(C#N)cc(CNC(=O)c2cnc(OC(F)F)c(F)c2)c1. The van der Waals surface area contributed by atoms with Crippen molar-refractivity contribution in [1.29, 1.82) is 5.26 Å². The Hall–Kier alpha value is -3.28. The molecule has 1 heterocycles. The smallest absolute Gasteiger partial charge is 0.388 e. The second-order valence-electron chi connectivity index (χ2n) is 4.75. The molecule has 0 radical (unpaired) electrons. The highest BCUT2D eigenvalue weighted by atomic mass is 19.3. The first kappa shape index (κ1) is 18.1. The predicted molar refractivity (Wildman–Crippen MR) is 79.7 cm³/mol. The molecule has 1 N–H and O–H groups in total. The van der Waals surface area contributed by atoms with Crippen LogP contribution in [0.25, 0.3) is 0 Å². The van der Waals surface area contributed by atoms with Crippen LogP contribution in [0.1, 0.15) is 21.5 Å². The van der Waals surface area contributed by atoms with Crippen molar-refractivity contribution in [2.75, 3.05) is 7.11 Å². The van der Waals surface area contributed by atoms with E-state index in [1.54, 1.807) is 12.1 Å². The van der Waals surface area contributed by atoms with Gasteiger partial charge in [-0.15, -0.1) is 0 Å². The number of nitrogens with zero attached hydrogens (tertiary/aromatic N) is 2. The summed E-state index contributed by atoms with van der Waals surface area (Å²) in [4.78, 5) is 15.4. The molecule has 0 fully saturated rings. The lowest BCUT2D eigenvalue weighted by atomic mass is 10.1. The third kappa shape index (κ3) is 4.84. The van der Waals surface area contributed by atoms with Gasteiger partial charge in [0, 0.05) is 12.7 Å². The van der Waals surface area contributed by atoms with E-state index < -0.39 is 24.2 Å². The Morgan fingerprint density at radius 1 is 1.36 bits per heavy atom. The number of aromatic nitrogens is 1. The lowest BCUT2D eigenvalue weighted by molar-refractivity contribution is -0.0553. The number of pyridine rings is 1. The molecule has 1 amide bonds. The predicted octanol–water partition coefficient (Wildman–Crippen LogP) is 2.63. The van der Waals surface area contributed by atoms with Gasteiger partial charge in [0.2, 0.25) is 0 Å². The molecule has 2 aromatic rings. The number of methoxy groups -OCH3 is 1. The number of hydrogen-bond acceptors (Lipinski definition) is 5. The normalized spacial score (nSPS) is 10.2. The second kappa shape index (κ2) is 8.01. The average molecular weight is 351 g/mol. The molecule has 0 saturated heterocycles. The number of nitrogens with one attached hydrogen (secondary N) is 1. The van der Waals surface area contributed by atoms with Crippen molar-refractivity contribution >= 4 is 5.91 Å². The van der Waals surface area contributed by atoms with Crippen molar-refractivity contribution in [2.45, 2.75) is 13.2 Å². The molecular weight excluding hydrogens is 339 g/mol. The minimum atomic E-state index is -3.22. The van der Waals surface area contributed by atoms with Gasteiger partial charge in [-0.05, 0) is 29.8 Å². The zero-order valence-corrected chi connectivity index (χ0v) is 12.9. The van der Waals surface area contributed by atoms with Gasteiger partial charge >= 0.3 is 6.61 Å². The van der Waals surface area contributed by atoms with Crippen LogP contribution in [0.2, 0.25) is 0 Å². The van der Waals surface area contributed by atoms with Crippen LogP contribution in [0.3, 0.4) is 0 Å². The molecule has 0 spiro atoms. The van der Waals surface area contributed by atoms with Gasteiger partial charge in [0.25, 0.3) is 11.8 Å². The summed E-state index contributed by atoms with van der Waals surface area (Å²) in [6, 6.07) is 7.42. The molecule has 0 aliphatic carbocycles. The van der Waals surface area contributed by atoms with E-state index in [2.05, 4.69) is 15.0 Å². The van der Waals surface area contributed by atoms with E-state index in [4.69, 9.17) is 10.00 Å². The van der Waals surface area contributed by atoms with Crippen LogP contribution >= 0.6 is 0 Å². The molecule has 25 heavy (non-hydrogen) atoms. The topological polar surface area (TPSA) is 84.2 Å². The molecule has 2 rings (SSSR count). The van der Waals surface area contributed by atoms with Gasteiger partial charge in [0.1, 0.15) is 5.75 Å². The summed E-state index contributed by atoms with van der Waals surface area (Å²) in [6.07, 6.45) is 0.919. The zero-order chi connectivity index (χ0) is 18.4. The highest BCUT2D eigenvalue weighted by molar-refractivity contribution is 5.93. The Kier molecular flexibility index (Phi) is 5.79. The van der Waals surface area contributed by atoms with Gasteiger partial charge in [0.15, 0.2) is 5.82 Å². The monoisotopic (exact) mass is 351 g/mol. The standard InChI is InChI=1S/C16H12F3N3O3/c1-24-12-3-9(6-20)2-10(4-12)7-21-14(23)11-5-13(17)15(22-8-11)25-16(18)19/h2-5,8,16H,7H2,1H3,(H,21,23). The van der Waals surface area contributed by atoms with Gasteiger partial charge in [-0.1, -0.05) is 0 Å². The van der Waals surface area contributed by atoms with Crippen molar-refractivity contribution in [2.24, 2.45) is 0 Å². The number of rotatable bonds is 6. The summed E-state index contributed by atoms with van der Waals surface area (Å²) in [5.41, 5.74) is 0.780. The van der Waals surface area contributed by atoms with Crippen LogP contribution in [0, 0.1) is 17.1 Å². The minimum absolute atomic E-state index is 0.0433. The van der Waals surface area contributed by atoms with Crippen LogP contribution < -0.4 is 14.8 Å². The molecule has 130 valence electrons. The summed E-state index contributed by atoms with van der Waals surface area (Å²) in [7, 11) is 1.44. The molecule has 9 heteroatoms. The van der Waals surface area contributed by atoms with Crippen LogP contribution in [0.4, 0.5) is 13.2 Å². The van der Waals surface area contributed by atoms with Crippen LogP contribution in [0.5, 0.6) is 11.6 Å². The molecule has 0 saturated carbocycles. The Morgan fingerprint density at radius 3 is 2.72 bits per heavy atom. The zero-order valence-electron chi connectivity index (χ0n) is 12.9. The number of hydrogen-bond donors (Lipinski definition) is 1. The maximum absolute atomic E-state index is 13.6. The van der Waals surface area contributed by atoms with Crippen molar-refractivity contribution in [3.8, 4) is 17.7 Å². The Labute approximate surface area is 140 Å². The van der Waals surface area contributed by atoms with Gasteiger partial charge in [-0.2, -0.15) is 14.0 Å². The van der Waals surface area contributed by atoms with E-state index in [1.165, 1.54) is 13.2 Å². The maximum atomic E-state index is 13.6. The van der Waals surface area contributed by atoms with Gasteiger partial charge in [-0.25, -0.2) is 9.37 Å². The van der Waals surface area contributed by atoms with E-state index in [0.29, 0.717) is 16.9 Å². The second-order valence-corrected chi connectivity index (χ2v) is 4.75. The van der Waals surface area contributed by atoms with Crippen molar-refractivity contribution in [3.05, 3.63) is 53.0 Å². The highest BCUT2D eigenvalue weighted by Crippen LogP contribution is 2.18. The van der Waals surface area contributed by atoms with Gasteiger partial charge < -0.3 is 14.8 Å². The molecule has 0 aliphatic rings. The number of carbonyl (C=O) groups is 1. The first-order chi connectivity index (χ1) is 11.9. The highest BCUT2D eigenvalue weighted by Gasteiger charge is 2.15. The molecular formula is C16H12F3N3O3. The van der Waals surface area contributed by atoms with E-state index >= 15 is 0 Å². The molecule has 0 unspecified atom stereocenters. The number of amides is 1. The Bertz CT molecular complexity index is 822. The number of ether oxygens (including phenoxy) is 2. The largest absolute Gasteiger partial charge is 0.497 e. The van der Waals surface area contributed by atoms with E-state index in [0.717, 1.165) is 12.3 Å². The molecule has 0 aliphatic heterocycles. The number of nitriles is 1. The molecule has 1 aromatic heterocycles. The number of halogens is 3. The lowest BCUT2D eigenvalue weighted by Crippen LogP contribution is -2.23. The fraction of sp³-hybridized carbons (Fsp3) is 0.188. The summed E-state index contributed by atoms with van der Waals surface area (Å²) in [6.45, 7) is -3.18. The van der Waals surface area contributed by atoms with E-state index in [1.807, 2.05) is 6.07 Å². The maximum Gasteiger partial charge on any atom is 0.388 e. The van der Waals surface area contributed by atoms with Crippen molar-refractivity contribution in [1.82, 2.24) is 10.3 Å². The summed E-state index contributed by atoms with van der Waals surface area (Å²) in [5.74, 6) is -2.29. The van der Waals surface area contributed by atoms with Gasteiger partial charge in [0.05, 0.1) is 24.3 Å². The van der Waals surface area contributed by atoms with Crippen LogP contribution in [0.15, 0.2) is 30.5 Å². The average Bonchev–Trinajstić information content (AvgIpc) is 2.60. The molecule has 1 aromatic carbocycles. The van der Waals surface area contributed by atoms with Gasteiger partial charge in [-0.3, -0.25) is 4.79 Å². The third-order valence-electron chi connectivity index (χ3n) is 3.05. The third-order valence-corrected chi connectivity index (χ3v) is 3.05. The number of carbonyl (C=O) groups excluding carboxylic acids is 1. The fourth-order valence-corrected chi connectivity index (χ4v) is 1.95. The summed E-state index contributed by atoms with van der Waals surface area (Å²) < 4.78 is 46.6. The Morgan fingerprint density at radius 2 is 2.12 bits per heavy atom. The summed E-state index contributed by atoms with van der Waals surface area (Å²) in [5, 5.41) is 11.5. The van der Waals surface area contributed by atoms with Crippen LogP contribution in [-0.2, 0) is 6.54 Å². The summed E-state index contributed by atoms with van der Waals surface area (Å²) >= 11 is 0. The van der Waals surface area contributed by atoms with Crippen LogP contribution in [-0.4, -0.2) is 24.6 Å². The number of alkyl halides is 2. The quantitative estimate of drug-likeness (QED) is 0.865. The minimum Gasteiger partial charge on any atom is -0.497 e.